The van der Waals surface area contributed by atoms with Crippen LogP contribution in [-0.2, 0) is 4.79 Å². The average molecular weight is 346 g/mol. The first kappa shape index (κ1) is 16.1. The van der Waals surface area contributed by atoms with Gasteiger partial charge in [0.1, 0.15) is 11.3 Å². The maximum atomic E-state index is 12.3. The Bertz CT molecular complexity index is 966. The van der Waals surface area contributed by atoms with Gasteiger partial charge in [-0.05, 0) is 43.2 Å². The molecule has 0 spiro atoms. The highest BCUT2D eigenvalue weighted by molar-refractivity contribution is 6.07. The quantitative estimate of drug-likeness (QED) is 0.687. The molecule has 0 saturated heterocycles. The van der Waals surface area contributed by atoms with Crippen molar-refractivity contribution in [1.29, 1.82) is 0 Å². The Kier molecular flexibility index (Phi) is 4.27. The highest BCUT2D eigenvalue weighted by Gasteiger charge is 2.24. The summed E-state index contributed by atoms with van der Waals surface area (Å²) in [5.74, 6) is 0.114. The smallest absolute Gasteiger partial charge is 0.253 e. The van der Waals surface area contributed by atoms with Crippen LogP contribution in [0.5, 0.6) is 0 Å². The van der Waals surface area contributed by atoms with Gasteiger partial charge in [0.25, 0.3) is 5.91 Å². The van der Waals surface area contributed by atoms with Gasteiger partial charge in [-0.1, -0.05) is 30.3 Å². The lowest BCUT2D eigenvalue weighted by Gasteiger charge is -2.09. The van der Waals surface area contributed by atoms with Crippen LogP contribution in [0.15, 0.2) is 65.1 Å². The summed E-state index contributed by atoms with van der Waals surface area (Å²) in [4.78, 5) is 24.5. The second kappa shape index (κ2) is 6.88. The largest absolute Gasteiger partial charge is 0.457 e. The van der Waals surface area contributed by atoms with Crippen molar-refractivity contribution in [2.75, 3.05) is 5.32 Å². The number of nitrogens with one attached hydrogen (secondary N) is 2. The Morgan fingerprint density at radius 2 is 1.81 bits per heavy atom. The monoisotopic (exact) mass is 346 g/mol. The number of furan rings is 1. The number of benzene rings is 2. The lowest BCUT2D eigenvalue weighted by Crippen LogP contribution is -2.26. The number of carbonyl (C=O) groups excluding carboxylic acids is 2. The SMILES string of the molecule is O=C(/C=C/c1cc2ccccc2o1)Nc1ccccc1C(=O)NC1CC1. The van der Waals surface area contributed by atoms with Gasteiger partial charge in [-0.15, -0.1) is 0 Å². The first-order valence-corrected chi connectivity index (χ1v) is 8.56. The standard InChI is InChI=1S/C21H18N2O3/c24-20(12-11-16-13-14-5-1-4-8-19(14)26-16)23-18-7-3-2-6-17(18)21(25)22-15-9-10-15/h1-8,11-13,15H,9-10H2,(H,22,25)(H,23,24)/b12-11+. The molecule has 5 nitrogen and oxygen atoms in total. The van der Waals surface area contributed by atoms with Gasteiger partial charge in [-0.2, -0.15) is 0 Å². The molecule has 1 saturated carbocycles. The molecule has 2 N–H and O–H groups in total. The molecule has 1 aliphatic rings. The fourth-order valence-corrected chi connectivity index (χ4v) is 2.70. The average Bonchev–Trinajstić information content (AvgIpc) is 3.35. The minimum Gasteiger partial charge on any atom is -0.457 e. The van der Waals surface area contributed by atoms with E-state index in [1.807, 2.05) is 30.3 Å². The summed E-state index contributed by atoms with van der Waals surface area (Å²) in [7, 11) is 0. The van der Waals surface area contributed by atoms with Crippen LogP contribution in [-0.4, -0.2) is 17.9 Å². The molecular weight excluding hydrogens is 328 g/mol. The summed E-state index contributed by atoms with van der Waals surface area (Å²) >= 11 is 0. The van der Waals surface area contributed by atoms with Gasteiger partial charge in [0.15, 0.2) is 0 Å². The molecule has 1 heterocycles. The van der Waals surface area contributed by atoms with Gasteiger partial charge >= 0.3 is 0 Å². The highest BCUT2D eigenvalue weighted by Crippen LogP contribution is 2.22. The first-order valence-electron chi connectivity index (χ1n) is 8.56. The number of amides is 2. The zero-order valence-electron chi connectivity index (χ0n) is 14.1. The van der Waals surface area contributed by atoms with Crippen molar-refractivity contribution in [3.05, 3.63) is 72.0 Å². The number of carbonyl (C=O) groups is 2. The molecule has 1 aliphatic carbocycles. The maximum absolute atomic E-state index is 12.3. The van der Waals surface area contributed by atoms with Crippen molar-refractivity contribution < 1.29 is 14.0 Å². The van der Waals surface area contributed by atoms with Crippen LogP contribution in [0.1, 0.15) is 29.0 Å². The van der Waals surface area contributed by atoms with Crippen molar-refractivity contribution in [2.45, 2.75) is 18.9 Å². The van der Waals surface area contributed by atoms with E-state index in [1.165, 1.54) is 6.08 Å². The first-order chi connectivity index (χ1) is 12.7. The fourth-order valence-electron chi connectivity index (χ4n) is 2.70. The minimum absolute atomic E-state index is 0.162. The fraction of sp³-hybridized carbons (Fsp3) is 0.143. The number of fused-ring (bicyclic) bond motifs is 1. The third-order valence-corrected chi connectivity index (χ3v) is 4.19. The number of para-hydroxylation sites is 2. The summed E-state index contributed by atoms with van der Waals surface area (Å²) in [6.07, 6.45) is 5.04. The van der Waals surface area contributed by atoms with Crippen LogP contribution in [0.2, 0.25) is 0 Å². The van der Waals surface area contributed by atoms with Crippen molar-refractivity contribution >= 4 is 34.5 Å². The molecule has 130 valence electrons. The molecule has 5 heteroatoms. The Balaban J connectivity index is 1.46. The van der Waals surface area contributed by atoms with E-state index >= 15 is 0 Å². The second-order valence-electron chi connectivity index (χ2n) is 6.30. The van der Waals surface area contributed by atoms with Gasteiger partial charge in [0.2, 0.25) is 5.91 Å². The van der Waals surface area contributed by atoms with E-state index in [0.717, 1.165) is 23.8 Å². The van der Waals surface area contributed by atoms with Gasteiger partial charge in [0, 0.05) is 17.5 Å². The molecule has 26 heavy (non-hydrogen) atoms. The van der Waals surface area contributed by atoms with Gasteiger partial charge < -0.3 is 15.1 Å². The maximum Gasteiger partial charge on any atom is 0.253 e. The number of hydrogen-bond donors (Lipinski definition) is 2. The summed E-state index contributed by atoms with van der Waals surface area (Å²) in [5.41, 5.74) is 1.73. The van der Waals surface area contributed by atoms with E-state index in [2.05, 4.69) is 10.6 Å². The van der Waals surface area contributed by atoms with Gasteiger partial charge in [-0.3, -0.25) is 9.59 Å². The molecule has 0 unspecified atom stereocenters. The van der Waals surface area contributed by atoms with Crippen LogP contribution in [0.25, 0.3) is 17.0 Å². The summed E-state index contributed by atoms with van der Waals surface area (Å²) in [5, 5.41) is 6.68. The van der Waals surface area contributed by atoms with E-state index in [4.69, 9.17) is 4.42 Å². The number of anilines is 1. The molecule has 1 aromatic heterocycles. The van der Waals surface area contributed by atoms with Crippen LogP contribution in [0.4, 0.5) is 5.69 Å². The summed E-state index contributed by atoms with van der Waals surface area (Å²) in [6.45, 7) is 0. The van der Waals surface area contributed by atoms with Crippen LogP contribution in [0, 0.1) is 0 Å². The predicted octanol–water partition coefficient (Wildman–Crippen LogP) is 3.98. The summed E-state index contributed by atoms with van der Waals surface area (Å²) < 4.78 is 5.65. The third-order valence-electron chi connectivity index (χ3n) is 4.19. The zero-order chi connectivity index (χ0) is 17.9. The van der Waals surface area contributed by atoms with E-state index in [1.54, 1.807) is 30.3 Å². The van der Waals surface area contributed by atoms with E-state index < -0.39 is 0 Å². The lowest BCUT2D eigenvalue weighted by molar-refractivity contribution is -0.111. The van der Waals surface area contributed by atoms with Crippen molar-refractivity contribution in [1.82, 2.24) is 5.32 Å². The van der Waals surface area contributed by atoms with E-state index in [-0.39, 0.29) is 17.9 Å². The van der Waals surface area contributed by atoms with Crippen LogP contribution >= 0.6 is 0 Å². The third kappa shape index (κ3) is 3.67. The number of rotatable bonds is 5. The molecule has 1 fully saturated rings. The Morgan fingerprint density at radius 3 is 2.62 bits per heavy atom. The molecule has 2 amide bonds. The van der Waals surface area contributed by atoms with Crippen molar-refractivity contribution in [3.63, 3.8) is 0 Å². The minimum atomic E-state index is -0.322. The predicted molar refractivity (Wildman–Crippen MR) is 101 cm³/mol. The molecule has 0 bridgehead atoms. The Labute approximate surface area is 150 Å². The Hall–Kier alpha value is -3.34. The molecule has 0 radical (unpaired) electrons. The van der Waals surface area contributed by atoms with E-state index in [0.29, 0.717) is 17.0 Å². The lowest BCUT2D eigenvalue weighted by atomic mass is 10.1. The second-order valence-corrected chi connectivity index (χ2v) is 6.30. The zero-order valence-corrected chi connectivity index (χ0v) is 14.1. The molecule has 4 rings (SSSR count). The molecule has 0 atom stereocenters. The molecular formula is C21H18N2O3. The topological polar surface area (TPSA) is 71.3 Å². The van der Waals surface area contributed by atoms with Crippen LogP contribution < -0.4 is 10.6 Å². The summed E-state index contributed by atoms with van der Waals surface area (Å²) in [6, 6.07) is 16.8. The van der Waals surface area contributed by atoms with Gasteiger partial charge in [-0.25, -0.2) is 0 Å². The van der Waals surface area contributed by atoms with Crippen LogP contribution in [0.3, 0.4) is 0 Å². The molecule has 0 aliphatic heterocycles. The van der Waals surface area contributed by atoms with E-state index in [9.17, 15) is 9.59 Å². The van der Waals surface area contributed by atoms with Crippen molar-refractivity contribution in [3.8, 4) is 0 Å². The molecule has 2 aromatic carbocycles. The number of hydrogen-bond acceptors (Lipinski definition) is 3. The highest BCUT2D eigenvalue weighted by atomic mass is 16.3. The molecule has 3 aromatic rings. The Morgan fingerprint density at radius 1 is 1.04 bits per heavy atom. The van der Waals surface area contributed by atoms with Gasteiger partial charge in [0.05, 0.1) is 11.3 Å². The normalized spacial score (nSPS) is 13.8. The van der Waals surface area contributed by atoms with Crippen molar-refractivity contribution in [2.24, 2.45) is 0 Å².